The molecule has 0 spiro atoms. The van der Waals surface area contributed by atoms with Crippen LogP contribution in [-0.4, -0.2) is 59.2 Å². The molecule has 10 heteroatoms. The van der Waals surface area contributed by atoms with Gasteiger partial charge in [-0.2, -0.15) is 0 Å². The average molecular weight is 373 g/mol. The molecule has 1 aromatic carbocycles. The second-order valence-electron chi connectivity index (χ2n) is 6.03. The highest BCUT2D eigenvalue weighted by molar-refractivity contribution is 5.70. The van der Waals surface area contributed by atoms with E-state index >= 15 is 0 Å². The molecule has 0 radical (unpaired) electrons. The van der Waals surface area contributed by atoms with Gasteiger partial charge >= 0.3 is 5.69 Å². The second kappa shape index (κ2) is 9.64. The van der Waals surface area contributed by atoms with E-state index in [0.717, 1.165) is 45.0 Å². The van der Waals surface area contributed by atoms with Gasteiger partial charge in [-0.05, 0) is 25.1 Å². The molecule has 3 N–H and O–H groups in total. The van der Waals surface area contributed by atoms with Crippen LogP contribution in [-0.2, 0) is 4.74 Å². The summed E-state index contributed by atoms with van der Waals surface area (Å²) < 4.78 is 5.32. The van der Waals surface area contributed by atoms with Crippen molar-refractivity contribution in [1.82, 2.24) is 14.9 Å². The third-order valence-electron chi connectivity index (χ3n) is 4.15. The number of anilines is 3. The number of ether oxygens (including phenoxy) is 1. The minimum Gasteiger partial charge on any atom is -0.379 e. The fraction of sp³-hybridized carbons (Fsp3) is 0.412. The lowest BCUT2D eigenvalue weighted by Gasteiger charge is -2.26. The monoisotopic (exact) mass is 373 g/mol. The Hall–Kier alpha value is -2.98. The van der Waals surface area contributed by atoms with Gasteiger partial charge in [-0.1, -0.05) is 18.2 Å². The van der Waals surface area contributed by atoms with Crippen molar-refractivity contribution in [3.63, 3.8) is 0 Å². The number of benzene rings is 1. The van der Waals surface area contributed by atoms with Gasteiger partial charge < -0.3 is 10.1 Å². The molecule has 1 saturated heterocycles. The molecule has 0 amide bonds. The second-order valence-corrected chi connectivity index (χ2v) is 6.03. The summed E-state index contributed by atoms with van der Waals surface area (Å²) in [7, 11) is 0. The first kappa shape index (κ1) is 18.8. The standard InChI is InChI=1S/C17H23N7O3/c25-24(26)15-16(18-7-4-8-23-9-11-27-12-10-23)19-13-20-17(15)22-21-14-5-2-1-3-6-14/h1-3,5-6,13,21H,4,7-12H2,(H2,18,19,20,22). The first-order chi connectivity index (χ1) is 13.2. The molecule has 0 aliphatic carbocycles. The topological polar surface area (TPSA) is 117 Å². The Bertz CT molecular complexity index is 739. The fourth-order valence-corrected chi connectivity index (χ4v) is 2.76. The number of nitrogens with zero attached hydrogens (tertiary/aromatic N) is 4. The molecule has 0 saturated carbocycles. The summed E-state index contributed by atoms with van der Waals surface area (Å²) in [6.45, 7) is 4.86. The first-order valence-corrected chi connectivity index (χ1v) is 8.84. The van der Waals surface area contributed by atoms with Crippen molar-refractivity contribution in [2.75, 3.05) is 55.6 Å². The quantitative estimate of drug-likeness (QED) is 0.344. The van der Waals surface area contributed by atoms with E-state index in [9.17, 15) is 10.1 Å². The molecule has 1 aliphatic rings. The maximum Gasteiger partial charge on any atom is 0.354 e. The number of nitrogens with one attached hydrogen (secondary N) is 3. The Morgan fingerprint density at radius 3 is 2.59 bits per heavy atom. The smallest absolute Gasteiger partial charge is 0.354 e. The lowest BCUT2D eigenvalue weighted by atomic mass is 10.3. The van der Waals surface area contributed by atoms with Crippen LogP contribution in [0, 0.1) is 10.1 Å². The molecule has 0 bridgehead atoms. The van der Waals surface area contributed by atoms with Crippen LogP contribution in [0.15, 0.2) is 36.7 Å². The number of nitro groups is 1. The number of hydrazine groups is 1. The van der Waals surface area contributed by atoms with Crippen LogP contribution in [0.25, 0.3) is 0 Å². The Kier molecular flexibility index (Phi) is 6.72. The van der Waals surface area contributed by atoms with E-state index in [1.165, 1.54) is 6.33 Å². The summed E-state index contributed by atoms with van der Waals surface area (Å²) in [5.74, 6) is 0.309. The van der Waals surface area contributed by atoms with Crippen LogP contribution in [0.5, 0.6) is 0 Å². The summed E-state index contributed by atoms with van der Waals surface area (Å²) in [6.07, 6.45) is 2.15. The fourth-order valence-electron chi connectivity index (χ4n) is 2.76. The SMILES string of the molecule is O=[N+]([O-])c1c(NCCCN2CCOCC2)ncnc1NNc1ccccc1. The molecule has 1 aliphatic heterocycles. The van der Waals surface area contributed by atoms with Crippen LogP contribution in [0.2, 0.25) is 0 Å². The Morgan fingerprint density at radius 2 is 1.85 bits per heavy atom. The molecule has 0 unspecified atom stereocenters. The zero-order valence-electron chi connectivity index (χ0n) is 14.9. The summed E-state index contributed by atoms with van der Waals surface area (Å²) >= 11 is 0. The average Bonchev–Trinajstić information content (AvgIpc) is 2.71. The third-order valence-corrected chi connectivity index (χ3v) is 4.15. The van der Waals surface area contributed by atoms with E-state index in [1.807, 2.05) is 30.3 Å². The summed E-state index contributed by atoms with van der Waals surface area (Å²) in [6, 6.07) is 9.28. The van der Waals surface area contributed by atoms with Gasteiger partial charge in [-0.15, -0.1) is 0 Å². The Balaban J connectivity index is 1.58. The van der Waals surface area contributed by atoms with E-state index in [4.69, 9.17) is 4.74 Å². The largest absolute Gasteiger partial charge is 0.379 e. The van der Waals surface area contributed by atoms with E-state index in [2.05, 4.69) is 31.0 Å². The molecule has 144 valence electrons. The van der Waals surface area contributed by atoms with Crippen molar-refractivity contribution >= 4 is 23.0 Å². The van der Waals surface area contributed by atoms with Crippen LogP contribution in [0.4, 0.5) is 23.0 Å². The predicted octanol–water partition coefficient (Wildman–Crippen LogP) is 1.96. The normalized spacial score (nSPS) is 14.5. The van der Waals surface area contributed by atoms with Crippen LogP contribution < -0.4 is 16.2 Å². The summed E-state index contributed by atoms with van der Waals surface area (Å²) in [4.78, 5) is 21.4. The van der Waals surface area contributed by atoms with Crippen molar-refractivity contribution in [3.8, 4) is 0 Å². The third kappa shape index (κ3) is 5.50. The lowest BCUT2D eigenvalue weighted by molar-refractivity contribution is -0.383. The molecule has 1 aromatic heterocycles. The Morgan fingerprint density at radius 1 is 1.11 bits per heavy atom. The highest BCUT2D eigenvalue weighted by Crippen LogP contribution is 2.28. The molecular weight excluding hydrogens is 350 g/mol. The van der Waals surface area contributed by atoms with Gasteiger partial charge in [0.05, 0.1) is 23.8 Å². The molecule has 0 atom stereocenters. The van der Waals surface area contributed by atoms with Crippen molar-refractivity contribution in [2.45, 2.75) is 6.42 Å². The van der Waals surface area contributed by atoms with Gasteiger partial charge in [-0.25, -0.2) is 9.97 Å². The molecule has 3 rings (SSSR count). The van der Waals surface area contributed by atoms with E-state index in [-0.39, 0.29) is 17.3 Å². The zero-order valence-corrected chi connectivity index (χ0v) is 14.9. The minimum atomic E-state index is -0.487. The van der Waals surface area contributed by atoms with Crippen molar-refractivity contribution in [2.24, 2.45) is 0 Å². The number of morpholine rings is 1. The predicted molar refractivity (Wildman–Crippen MR) is 103 cm³/mol. The number of hydrogen-bond acceptors (Lipinski definition) is 9. The van der Waals surface area contributed by atoms with Crippen LogP contribution in [0.3, 0.4) is 0 Å². The molecule has 10 nitrogen and oxygen atoms in total. The highest BCUT2D eigenvalue weighted by Gasteiger charge is 2.22. The van der Waals surface area contributed by atoms with E-state index in [0.29, 0.717) is 6.54 Å². The van der Waals surface area contributed by atoms with Crippen molar-refractivity contribution in [1.29, 1.82) is 0 Å². The van der Waals surface area contributed by atoms with Gasteiger partial charge in [0.2, 0.25) is 11.6 Å². The highest BCUT2D eigenvalue weighted by atomic mass is 16.6. The van der Waals surface area contributed by atoms with Crippen molar-refractivity contribution in [3.05, 3.63) is 46.8 Å². The summed E-state index contributed by atoms with van der Waals surface area (Å²) in [5, 5.41) is 14.6. The molecule has 2 heterocycles. The number of hydrogen-bond donors (Lipinski definition) is 3. The van der Waals surface area contributed by atoms with E-state index < -0.39 is 4.92 Å². The van der Waals surface area contributed by atoms with Gasteiger partial charge in [-0.3, -0.25) is 25.9 Å². The molecule has 2 aromatic rings. The lowest BCUT2D eigenvalue weighted by Crippen LogP contribution is -2.37. The van der Waals surface area contributed by atoms with Gasteiger partial charge in [0.25, 0.3) is 0 Å². The maximum absolute atomic E-state index is 11.5. The Labute approximate surface area is 157 Å². The maximum atomic E-state index is 11.5. The number of rotatable bonds is 9. The molecule has 1 fully saturated rings. The number of para-hydroxylation sites is 1. The van der Waals surface area contributed by atoms with Crippen molar-refractivity contribution < 1.29 is 9.66 Å². The first-order valence-electron chi connectivity index (χ1n) is 8.84. The summed E-state index contributed by atoms with van der Waals surface area (Å²) in [5.41, 5.74) is 6.27. The van der Waals surface area contributed by atoms with Gasteiger partial charge in [0, 0.05) is 19.6 Å². The van der Waals surface area contributed by atoms with Crippen LogP contribution in [0.1, 0.15) is 6.42 Å². The van der Waals surface area contributed by atoms with Gasteiger partial charge in [0.1, 0.15) is 6.33 Å². The molecular formula is C17H23N7O3. The van der Waals surface area contributed by atoms with Crippen LogP contribution >= 0.6 is 0 Å². The number of aromatic nitrogens is 2. The zero-order chi connectivity index (χ0) is 18.9. The van der Waals surface area contributed by atoms with E-state index in [1.54, 1.807) is 0 Å². The van der Waals surface area contributed by atoms with Gasteiger partial charge in [0.15, 0.2) is 0 Å². The minimum absolute atomic E-state index is 0.106. The molecule has 27 heavy (non-hydrogen) atoms.